The summed E-state index contributed by atoms with van der Waals surface area (Å²) in [4.78, 5) is 43.3. The molecule has 0 bridgehead atoms. The van der Waals surface area contributed by atoms with Crippen LogP contribution >= 0.6 is 0 Å². The maximum absolute atomic E-state index is 13.4. The minimum Gasteiger partial charge on any atom is -0.480 e. The number of carbonyl (C=O) groups excluding carboxylic acids is 1. The first kappa shape index (κ1) is 24.4. The fourth-order valence-corrected chi connectivity index (χ4v) is 5.01. The zero-order valence-electron chi connectivity index (χ0n) is 20.0. The van der Waals surface area contributed by atoms with Crippen molar-refractivity contribution in [1.29, 1.82) is 0 Å². The number of hydrogen-bond acceptors (Lipinski definition) is 4. The lowest BCUT2D eigenvalue weighted by molar-refractivity contribution is -0.154. The Kier molecular flexibility index (Phi) is 7.15. The summed E-state index contributed by atoms with van der Waals surface area (Å²) in [6.07, 6.45) is 3.61. The minimum absolute atomic E-state index is 0.0811. The molecule has 4 rings (SSSR count). The third-order valence-corrected chi connectivity index (χ3v) is 6.75. The van der Waals surface area contributed by atoms with Gasteiger partial charge in [0.25, 0.3) is 0 Å². The van der Waals surface area contributed by atoms with Gasteiger partial charge >= 0.3 is 11.9 Å². The second-order valence-electron chi connectivity index (χ2n) is 9.55. The Hall–Kier alpha value is -3.74. The fraction of sp³-hybridized carbons (Fsp3) is 0.357. The highest BCUT2D eigenvalue weighted by Crippen LogP contribution is 2.30. The van der Waals surface area contributed by atoms with Crippen molar-refractivity contribution in [2.45, 2.75) is 52.1 Å². The van der Waals surface area contributed by atoms with Crippen molar-refractivity contribution in [1.82, 2.24) is 9.88 Å². The summed E-state index contributed by atoms with van der Waals surface area (Å²) in [5, 5.41) is 20.3. The first-order chi connectivity index (χ1) is 16.8. The molecule has 1 atom stereocenters. The number of benzene rings is 2. The number of aromatic carboxylic acids is 1. The predicted molar refractivity (Wildman–Crippen MR) is 133 cm³/mol. The SMILES string of the molecule is CC(C)[C@@H](C(=O)O)N(Cc1ccc2nc(-c3ccccc3C(=O)O)ccc2c1)C(=O)C1CCCC1. The summed E-state index contributed by atoms with van der Waals surface area (Å²) in [6, 6.07) is 15.1. The zero-order valence-corrected chi connectivity index (χ0v) is 20.0. The van der Waals surface area contributed by atoms with Crippen molar-refractivity contribution in [2.75, 3.05) is 0 Å². The Morgan fingerprint density at radius 2 is 1.71 bits per heavy atom. The predicted octanol–water partition coefficient (Wildman–Crippen LogP) is 5.23. The summed E-state index contributed by atoms with van der Waals surface area (Å²) >= 11 is 0. The summed E-state index contributed by atoms with van der Waals surface area (Å²) < 4.78 is 0. The van der Waals surface area contributed by atoms with E-state index in [-0.39, 0.29) is 29.9 Å². The first-order valence-corrected chi connectivity index (χ1v) is 12.0. The minimum atomic E-state index is -1.01. The third-order valence-electron chi connectivity index (χ3n) is 6.75. The van der Waals surface area contributed by atoms with Crippen molar-refractivity contribution in [3.63, 3.8) is 0 Å². The van der Waals surface area contributed by atoms with Gasteiger partial charge in [-0.15, -0.1) is 0 Å². The van der Waals surface area contributed by atoms with E-state index in [4.69, 9.17) is 0 Å². The Morgan fingerprint density at radius 3 is 2.37 bits per heavy atom. The molecule has 3 aromatic rings. The Bertz CT molecular complexity index is 1260. The number of amides is 1. The van der Waals surface area contributed by atoms with Gasteiger partial charge in [-0.2, -0.15) is 0 Å². The number of aliphatic carboxylic acids is 1. The Labute approximate surface area is 204 Å². The van der Waals surface area contributed by atoms with E-state index in [1.807, 2.05) is 38.1 Å². The van der Waals surface area contributed by atoms with Gasteiger partial charge < -0.3 is 15.1 Å². The molecule has 1 amide bonds. The van der Waals surface area contributed by atoms with Crippen LogP contribution in [0.1, 0.15) is 55.5 Å². The maximum Gasteiger partial charge on any atom is 0.336 e. The third kappa shape index (κ3) is 5.19. The number of nitrogens with zero attached hydrogens (tertiary/aromatic N) is 2. The van der Waals surface area contributed by atoms with Gasteiger partial charge in [-0.3, -0.25) is 4.79 Å². The van der Waals surface area contributed by atoms with Crippen LogP contribution in [0.3, 0.4) is 0 Å². The van der Waals surface area contributed by atoms with Crippen molar-refractivity contribution in [2.24, 2.45) is 11.8 Å². The number of rotatable bonds is 8. The van der Waals surface area contributed by atoms with Crippen LogP contribution in [0.4, 0.5) is 0 Å². The summed E-state index contributed by atoms with van der Waals surface area (Å²) in [6.45, 7) is 3.87. The molecular formula is C28H30N2O5. The van der Waals surface area contributed by atoms with Gasteiger partial charge in [0.2, 0.25) is 5.91 Å². The average molecular weight is 475 g/mol. The van der Waals surface area contributed by atoms with E-state index >= 15 is 0 Å². The van der Waals surface area contributed by atoms with Crippen molar-refractivity contribution in [3.8, 4) is 11.3 Å². The van der Waals surface area contributed by atoms with Crippen LogP contribution in [-0.2, 0) is 16.1 Å². The van der Waals surface area contributed by atoms with E-state index in [0.717, 1.165) is 36.6 Å². The highest BCUT2D eigenvalue weighted by molar-refractivity contribution is 5.96. The quantitative estimate of drug-likeness (QED) is 0.463. The van der Waals surface area contributed by atoms with Gasteiger partial charge in [0.15, 0.2) is 0 Å². The van der Waals surface area contributed by atoms with E-state index in [1.54, 1.807) is 30.3 Å². The van der Waals surface area contributed by atoms with E-state index in [2.05, 4.69) is 4.98 Å². The van der Waals surface area contributed by atoms with Crippen LogP contribution in [0.2, 0.25) is 0 Å². The van der Waals surface area contributed by atoms with E-state index in [9.17, 15) is 24.6 Å². The topological polar surface area (TPSA) is 108 Å². The monoisotopic (exact) mass is 474 g/mol. The van der Waals surface area contributed by atoms with E-state index < -0.39 is 18.0 Å². The van der Waals surface area contributed by atoms with E-state index in [0.29, 0.717) is 16.8 Å². The second-order valence-corrected chi connectivity index (χ2v) is 9.55. The van der Waals surface area contributed by atoms with Crippen molar-refractivity contribution < 1.29 is 24.6 Å². The number of carbonyl (C=O) groups is 3. The standard InChI is InChI=1S/C28H30N2O5/c1-17(2)25(28(34)35)30(26(31)19-7-3-4-8-19)16-18-11-13-23-20(15-18)12-14-24(29-23)21-9-5-6-10-22(21)27(32)33/h5-6,9-15,17,19,25H,3-4,7-8,16H2,1-2H3,(H,32,33)(H,34,35)/t25-/m0/s1. The molecule has 1 saturated carbocycles. The normalized spacial score (nSPS) is 14.8. The highest BCUT2D eigenvalue weighted by atomic mass is 16.4. The molecule has 35 heavy (non-hydrogen) atoms. The number of carboxylic acids is 2. The lowest BCUT2D eigenvalue weighted by atomic mass is 9.97. The smallest absolute Gasteiger partial charge is 0.336 e. The van der Waals surface area contributed by atoms with Gasteiger partial charge in [-0.1, -0.05) is 57.0 Å². The van der Waals surface area contributed by atoms with Crippen LogP contribution in [0, 0.1) is 11.8 Å². The molecule has 1 heterocycles. The van der Waals surface area contributed by atoms with Crippen LogP contribution in [-0.4, -0.2) is 44.0 Å². The molecule has 0 spiro atoms. The van der Waals surface area contributed by atoms with Gasteiger partial charge in [-0.05, 0) is 48.6 Å². The molecule has 182 valence electrons. The molecule has 7 nitrogen and oxygen atoms in total. The molecule has 7 heteroatoms. The number of aromatic nitrogens is 1. The van der Waals surface area contributed by atoms with Crippen LogP contribution < -0.4 is 0 Å². The molecule has 1 aromatic heterocycles. The fourth-order valence-electron chi connectivity index (χ4n) is 5.01. The number of carboxylic acid groups (broad SMARTS) is 2. The molecule has 1 aliphatic carbocycles. The van der Waals surface area contributed by atoms with Crippen LogP contribution in [0.15, 0.2) is 54.6 Å². The van der Waals surface area contributed by atoms with Crippen molar-refractivity contribution in [3.05, 3.63) is 65.7 Å². The molecule has 0 aliphatic heterocycles. The summed E-state index contributed by atoms with van der Waals surface area (Å²) in [5.41, 5.74) is 2.81. The van der Waals surface area contributed by atoms with Gasteiger partial charge in [0, 0.05) is 23.4 Å². The van der Waals surface area contributed by atoms with Gasteiger partial charge in [0.1, 0.15) is 6.04 Å². The lowest BCUT2D eigenvalue weighted by Crippen LogP contribution is -2.49. The number of pyridine rings is 1. The molecule has 2 aromatic carbocycles. The summed E-state index contributed by atoms with van der Waals surface area (Å²) in [7, 11) is 0. The number of fused-ring (bicyclic) bond motifs is 1. The summed E-state index contributed by atoms with van der Waals surface area (Å²) in [5.74, 6) is -2.42. The molecular weight excluding hydrogens is 444 g/mol. The molecule has 0 unspecified atom stereocenters. The second kappa shape index (κ2) is 10.3. The maximum atomic E-state index is 13.4. The largest absolute Gasteiger partial charge is 0.480 e. The molecule has 0 saturated heterocycles. The van der Waals surface area contributed by atoms with E-state index in [1.165, 1.54) is 4.90 Å². The Morgan fingerprint density at radius 1 is 1.00 bits per heavy atom. The average Bonchev–Trinajstić information content (AvgIpc) is 3.37. The molecule has 1 fully saturated rings. The van der Waals surface area contributed by atoms with Gasteiger partial charge in [0.05, 0.1) is 16.8 Å². The number of hydrogen-bond donors (Lipinski definition) is 2. The van der Waals surface area contributed by atoms with Crippen LogP contribution in [0.25, 0.3) is 22.2 Å². The first-order valence-electron chi connectivity index (χ1n) is 12.0. The van der Waals surface area contributed by atoms with Crippen molar-refractivity contribution >= 4 is 28.7 Å². The molecule has 0 radical (unpaired) electrons. The Balaban J connectivity index is 1.66. The molecule has 2 N–H and O–H groups in total. The van der Waals surface area contributed by atoms with Crippen LogP contribution in [0.5, 0.6) is 0 Å². The highest BCUT2D eigenvalue weighted by Gasteiger charge is 2.36. The lowest BCUT2D eigenvalue weighted by Gasteiger charge is -2.33. The van der Waals surface area contributed by atoms with Gasteiger partial charge in [-0.25, -0.2) is 14.6 Å². The molecule has 1 aliphatic rings. The zero-order chi connectivity index (χ0) is 25.1.